The minimum absolute atomic E-state index is 0.0326. The van der Waals surface area contributed by atoms with E-state index in [9.17, 15) is 33.4 Å². The highest BCUT2D eigenvalue weighted by molar-refractivity contribution is 7.58. The number of nitro groups is 2. The van der Waals surface area contributed by atoms with Crippen molar-refractivity contribution in [2.75, 3.05) is 0 Å². The molecule has 17 heteroatoms. The number of aryl methyl sites for hydroxylation is 1. The van der Waals surface area contributed by atoms with Gasteiger partial charge < -0.3 is 0 Å². The van der Waals surface area contributed by atoms with Crippen LogP contribution < -0.4 is 0 Å². The highest BCUT2D eigenvalue weighted by atomic mass is 32.1. The van der Waals surface area contributed by atoms with E-state index in [-0.39, 0.29) is 11.3 Å². The van der Waals surface area contributed by atoms with Crippen LogP contribution in [0.3, 0.4) is 0 Å². The Morgan fingerprint density at radius 1 is 0.689 bits per heavy atom. The number of nitrogens with zero attached hydrogens (tertiary/aromatic N) is 6. The summed E-state index contributed by atoms with van der Waals surface area (Å²) in [6, 6.07) is 15.2. The van der Waals surface area contributed by atoms with Gasteiger partial charge in [-0.05, 0) is 48.4 Å². The number of halogens is 3. The van der Waals surface area contributed by atoms with Gasteiger partial charge in [0.25, 0.3) is 11.4 Å². The SMILES string of the molecule is Cc1ccc(-c2ccc(-c3c4c(c(-c5ccc(-c6ccc(C(F)(F)F)c([N+](=O)[O-])c6)s5)c5nsnc35)N=S=N4)s2)cc1[N+](=O)[O-]. The summed E-state index contributed by atoms with van der Waals surface area (Å²) in [7, 11) is 0. The summed E-state index contributed by atoms with van der Waals surface area (Å²) in [5.74, 6) is 0. The Bertz CT molecular complexity index is 2300. The van der Waals surface area contributed by atoms with Gasteiger partial charge in [0.2, 0.25) is 0 Å². The van der Waals surface area contributed by atoms with Gasteiger partial charge in [-0.3, -0.25) is 20.2 Å². The lowest BCUT2D eigenvalue weighted by atomic mass is 10.0. The lowest BCUT2D eigenvalue weighted by molar-refractivity contribution is -0.388. The van der Waals surface area contributed by atoms with Crippen LogP contribution in [0.1, 0.15) is 11.1 Å². The molecule has 0 radical (unpaired) electrons. The fourth-order valence-corrected chi connectivity index (χ4v) is 8.23. The number of hydrogen-bond donors (Lipinski definition) is 0. The van der Waals surface area contributed by atoms with E-state index in [1.54, 1.807) is 31.2 Å². The fraction of sp³-hybridized carbons (Fsp3) is 0.0714. The molecule has 1 aliphatic rings. The van der Waals surface area contributed by atoms with Crippen molar-refractivity contribution in [2.24, 2.45) is 8.73 Å². The maximum atomic E-state index is 13.4. The van der Waals surface area contributed by atoms with Crippen molar-refractivity contribution in [1.82, 2.24) is 8.75 Å². The summed E-state index contributed by atoms with van der Waals surface area (Å²) in [5, 5.41) is 23.0. The lowest BCUT2D eigenvalue weighted by Gasteiger charge is -2.10. The summed E-state index contributed by atoms with van der Waals surface area (Å²) >= 11 is 4.68. The molecule has 0 aliphatic carbocycles. The number of fused-ring (bicyclic) bond motifs is 2. The van der Waals surface area contributed by atoms with Crippen LogP contribution in [0.15, 0.2) is 69.4 Å². The smallest absolute Gasteiger partial charge is 0.258 e. The third-order valence-electron chi connectivity index (χ3n) is 7.10. The second-order valence-electron chi connectivity index (χ2n) is 9.75. The van der Waals surface area contributed by atoms with Crippen LogP contribution in [0.2, 0.25) is 0 Å². The minimum Gasteiger partial charge on any atom is -0.258 e. The van der Waals surface area contributed by atoms with Crippen LogP contribution in [-0.4, -0.2) is 18.6 Å². The van der Waals surface area contributed by atoms with Gasteiger partial charge in [-0.25, -0.2) is 0 Å². The maximum absolute atomic E-state index is 13.4. The molecule has 0 fully saturated rings. The van der Waals surface area contributed by atoms with Crippen LogP contribution in [0.25, 0.3) is 52.8 Å². The first-order valence-electron chi connectivity index (χ1n) is 12.7. The first-order chi connectivity index (χ1) is 21.5. The van der Waals surface area contributed by atoms with E-state index in [0.717, 1.165) is 50.5 Å². The first kappa shape index (κ1) is 29.0. The fourth-order valence-electron chi connectivity index (χ4n) is 5.01. The zero-order valence-corrected chi connectivity index (χ0v) is 25.6. The lowest BCUT2D eigenvalue weighted by Crippen LogP contribution is -2.08. The molecule has 3 aromatic heterocycles. The quantitative estimate of drug-likeness (QED) is 0.126. The highest BCUT2D eigenvalue weighted by Crippen LogP contribution is 2.55. The Kier molecular flexibility index (Phi) is 6.92. The van der Waals surface area contributed by atoms with Gasteiger partial charge in [-0.2, -0.15) is 30.6 Å². The highest BCUT2D eigenvalue weighted by Gasteiger charge is 2.38. The van der Waals surface area contributed by atoms with E-state index in [4.69, 9.17) is 0 Å². The number of aromatic nitrogens is 2. The predicted octanol–water partition coefficient (Wildman–Crippen LogP) is 10.4. The molecule has 4 heterocycles. The van der Waals surface area contributed by atoms with Gasteiger partial charge in [0.05, 0.1) is 32.9 Å². The number of thiophene rings is 2. The van der Waals surface area contributed by atoms with E-state index < -0.39 is 27.3 Å². The predicted molar refractivity (Wildman–Crippen MR) is 170 cm³/mol. The zero-order valence-electron chi connectivity index (χ0n) is 22.4. The molecule has 0 atom stereocenters. The number of hydrogen-bond acceptors (Lipinski definition) is 11. The van der Waals surface area contributed by atoms with Crippen molar-refractivity contribution in [3.63, 3.8) is 0 Å². The second-order valence-corrected chi connectivity index (χ2v) is 13.0. The third kappa shape index (κ3) is 4.93. The molecule has 0 saturated heterocycles. The topological polar surface area (TPSA) is 137 Å². The molecule has 10 nitrogen and oxygen atoms in total. The second kappa shape index (κ2) is 10.7. The van der Waals surface area contributed by atoms with E-state index >= 15 is 0 Å². The van der Waals surface area contributed by atoms with Crippen molar-refractivity contribution in [3.8, 4) is 41.8 Å². The molecular formula is C28H13F3N6O4S4. The van der Waals surface area contributed by atoms with Gasteiger partial charge in [0.1, 0.15) is 28.0 Å². The number of alkyl halides is 3. The summed E-state index contributed by atoms with van der Waals surface area (Å²) in [6.07, 6.45) is -4.86. The molecule has 7 rings (SSSR count). The Hall–Kier alpha value is -4.71. The Labute approximate surface area is 266 Å². The number of rotatable bonds is 6. The summed E-state index contributed by atoms with van der Waals surface area (Å²) in [4.78, 5) is 24.4. The third-order valence-corrected chi connectivity index (χ3v) is 10.5. The molecule has 6 aromatic rings. The van der Waals surface area contributed by atoms with E-state index in [1.165, 1.54) is 28.7 Å². The van der Waals surface area contributed by atoms with Gasteiger partial charge in [0.15, 0.2) is 0 Å². The summed E-state index contributed by atoms with van der Waals surface area (Å²) in [6.45, 7) is 1.69. The van der Waals surface area contributed by atoms with Crippen molar-refractivity contribution in [1.29, 1.82) is 0 Å². The van der Waals surface area contributed by atoms with E-state index in [2.05, 4.69) is 17.5 Å². The van der Waals surface area contributed by atoms with Crippen LogP contribution in [0, 0.1) is 27.2 Å². The van der Waals surface area contributed by atoms with Gasteiger partial charge in [-0.15, -0.1) is 22.7 Å². The van der Waals surface area contributed by atoms with Crippen molar-refractivity contribution < 1.29 is 23.0 Å². The van der Waals surface area contributed by atoms with Crippen LogP contribution >= 0.6 is 34.4 Å². The van der Waals surface area contributed by atoms with E-state index in [1.807, 2.05) is 18.2 Å². The maximum Gasteiger partial charge on any atom is 0.422 e. The van der Waals surface area contributed by atoms with Crippen LogP contribution in [0.5, 0.6) is 0 Å². The monoisotopic (exact) mass is 682 g/mol. The van der Waals surface area contributed by atoms with Gasteiger partial charge in [-0.1, -0.05) is 18.2 Å². The standard InChI is InChI=1S/C28H13F3N6O4S4/c1-12-2-3-13(10-16(12)36(38)39)18-6-8-20(42-18)22-24-26(34-44-32-24)23(27-25(22)33-45-35-27)21-9-7-19(43-21)14-4-5-15(28(29,30)31)17(11-14)37(40)41/h2-11H,1H3. The molecule has 3 aromatic carbocycles. The van der Waals surface area contributed by atoms with Crippen molar-refractivity contribution >= 4 is 79.5 Å². The van der Waals surface area contributed by atoms with Gasteiger partial charge in [0, 0.05) is 48.3 Å². The van der Waals surface area contributed by atoms with Gasteiger partial charge >= 0.3 is 6.18 Å². The molecule has 0 unspecified atom stereocenters. The molecule has 45 heavy (non-hydrogen) atoms. The largest absolute Gasteiger partial charge is 0.422 e. The molecule has 224 valence electrons. The van der Waals surface area contributed by atoms with Crippen molar-refractivity contribution in [2.45, 2.75) is 13.1 Å². The van der Waals surface area contributed by atoms with E-state index in [0.29, 0.717) is 48.9 Å². The van der Waals surface area contributed by atoms with Crippen LogP contribution in [0.4, 0.5) is 35.9 Å². The zero-order chi connectivity index (χ0) is 31.6. The average molecular weight is 683 g/mol. The Balaban J connectivity index is 1.33. The molecular weight excluding hydrogens is 670 g/mol. The number of benzene rings is 3. The minimum atomic E-state index is -4.86. The first-order valence-corrected chi connectivity index (χ1v) is 15.8. The summed E-state index contributed by atoms with van der Waals surface area (Å²) < 4.78 is 58.4. The average Bonchev–Trinajstić information content (AvgIpc) is 3.82. The molecule has 0 bridgehead atoms. The molecule has 0 amide bonds. The molecule has 0 N–H and O–H groups in total. The molecule has 1 aliphatic heterocycles. The number of nitro benzene ring substituents is 2. The Morgan fingerprint density at radius 3 is 1.69 bits per heavy atom. The molecule has 0 spiro atoms. The Morgan fingerprint density at radius 2 is 1.18 bits per heavy atom. The molecule has 0 saturated carbocycles. The van der Waals surface area contributed by atoms with Crippen LogP contribution in [-0.2, 0) is 17.5 Å². The normalized spacial score (nSPS) is 12.4. The van der Waals surface area contributed by atoms with Crippen molar-refractivity contribution in [3.05, 3.63) is 92.0 Å². The summed E-state index contributed by atoms with van der Waals surface area (Å²) in [5.41, 5.74) is 2.89.